The van der Waals surface area contributed by atoms with Gasteiger partial charge < -0.3 is 28.4 Å². The average molecular weight is 483 g/mol. The van der Waals surface area contributed by atoms with Gasteiger partial charge in [-0.1, -0.05) is 10.2 Å². The van der Waals surface area contributed by atoms with Gasteiger partial charge in [0.1, 0.15) is 5.75 Å². The second kappa shape index (κ2) is 18.9. The van der Waals surface area contributed by atoms with Crippen LogP contribution in [0.25, 0.3) is 20.9 Å². The highest BCUT2D eigenvalue weighted by molar-refractivity contribution is 5.64. The van der Waals surface area contributed by atoms with Crippen LogP contribution in [-0.2, 0) is 23.7 Å². The zero-order valence-electron chi connectivity index (χ0n) is 18.3. The first-order valence-electron chi connectivity index (χ1n) is 10.0. The number of carbonyl (C=O) groups excluding carboxylic acids is 1. The predicted octanol–water partition coefficient (Wildman–Crippen LogP) is 3.17. The van der Waals surface area contributed by atoms with Gasteiger partial charge in [-0.05, 0) is 23.2 Å². The molecule has 0 radical (unpaired) electrons. The molecule has 16 nitrogen and oxygen atoms in total. The van der Waals surface area contributed by atoms with Crippen LogP contribution < -0.4 is 4.74 Å². The first-order chi connectivity index (χ1) is 16.6. The topological polar surface area (TPSA) is 213 Å². The largest absolute Gasteiger partial charge is 0.514 e. The quantitative estimate of drug-likeness (QED) is 0.0412. The molecule has 1 aromatic rings. The second-order valence-electron chi connectivity index (χ2n) is 6.13. The number of nitrogens with zero attached hydrogens (tertiary/aromatic N) is 7. The fourth-order valence-electron chi connectivity index (χ4n) is 2.18. The molecule has 1 rings (SSSR count). The summed E-state index contributed by atoms with van der Waals surface area (Å²) in [6.07, 6.45) is -1.86. The van der Waals surface area contributed by atoms with E-state index in [2.05, 4.69) is 20.1 Å². The van der Waals surface area contributed by atoms with Crippen molar-refractivity contribution in [3.05, 3.63) is 55.3 Å². The molecular weight excluding hydrogens is 458 g/mol. The van der Waals surface area contributed by atoms with Gasteiger partial charge in [0.2, 0.25) is 0 Å². The van der Waals surface area contributed by atoms with E-state index in [-0.39, 0.29) is 77.4 Å². The van der Waals surface area contributed by atoms with Crippen molar-refractivity contribution in [2.24, 2.45) is 10.2 Å². The van der Waals surface area contributed by atoms with Crippen LogP contribution in [0.1, 0.15) is 0 Å². The Morgan fingerprint density at radius 2 is 1.38 bits per heavy atom. The van der Waals surface area contributed by atoms with Crippen LogP contribution in [0.5, 0.6) is 5.75 Å². The van der Waals surface area contributed by atoms with E-state index in [0.29, 0.717) is 0 Å². The summed E-state index contributed by atoms with van der Waals surface area (Å²) in [5, 5.41) is 17.4. The van der Waals surface area contributed by atoms with Gasteiger partial charge in [0.05, 0.1) is 57.8 Å². The molecule has 186 valence electrons. The predicted molar refractivity (Wildman–Crippen MR) is 115 cm³/mol. The minimum Gasteiger partial charge on any atom is -0.426 e. The molecule has 0 heterocycles. The van der Waals surface area contributed by atoms with Gasteiger partial charge in [-0.25, -0.2) is 4.79 Å². The van der Waals surface area contributed by atoms with Crippen LogP contribution in [0, 0.1) is 10.1 Å². The van der Waals surface area contributed by atoms with E-state index in [1.807, 2.05) is 0 Å². The average Bonchev–Trinajstić information content (AvgIpc) is 2.82. The highest BCUT2D eigenvalue weighted by Crippen LogP contribution is 2.18. The maximum absolute atomic E-state index is 12.1. The lowest BCUT2D eigenvalue weighted by Gasteiger charge is -2.18. The van der Waals surface area contributed by atoms with Gasteiger partial charge in [-0.2, -0.15) is 0 Å². The number of nitro groups is 1. The summed E-state index contributed by atoms with van der Waals surface area (Å²) in [7, 11) is 0. The molecule has 0 aliphatic rings. The number of nitro benzene ring substituents is 1. The Kier molecular flexibility index (Phi) is 15.8. The van der Waals surface area contributed by atoms with Crippen molar-refractivity contribution in [1.82, 2.24) is 0 Å². The van der Waals surface area contributed by atoms with E-state index in [4.69, 9.17) is 39.5 Å². The lowest BCUT2D eigenvalue weighted by Crippen LogP contribution is -2.31. The number of benzene rings is 1. The van der Waals surface area contributed by atoms with Gasteiger partial charge in [-0.3, -0.25) is 10.1 Å². The fourth-order valence-corrected chi connectivity index (χ4v) is 2.18. The van der Waals surface area contributed by atoms with Crippen molar-refractivity contribution in [2.75, 3.05) is 65.9 Å². The molecule has 0 N–H and O–H groups in total. The van der Waals surface area contributed by atoms with E-state index >= 15 is 0 Å². The monoisotopic (exact) mass is 483 g/mol. The summed E-state index contributed by atoms with van der Waals surface area (Å²) in [6, 6.07) is 4.91. The maximum atomic E-state index is 12.1. The molecule has 0 amide bonds. The van der Waals surface area contributed by atoms with Crippen LogP contribution in [0.3, 0.4) is 0 Å². The third-order valence-electron chi connectivity index (χ3n) is 3.66. The van der Waals surface area contributed by atoms with Gasteiger partial charge in [-0.15, -0.1) is 0 Å². The van der Waals surface area contributed by atoms with Crippen LogP contribution in [0.2, 0.25) is 0 Å². The van der Waals surface area contributed by atoms with Crippen LogP contribution in [0.4, 0.5) is 10.5 Å². The Labute approximate surface area is 194 Å². The lowest BCUT2D eigenvalue weighted by molar-refractivity contribution is -0.384. The molecule has 0 spiro atoms. The SMILES string of the molecule is [N-]=[N+]=NCCOCCOCC(COCCOCCN=[N+]=[N-])OC(=O)Oc1ccc([N+](=O)[O-])cc1. The molecule has 0 saturated heterocycles. The molecule has 16 heteroatoms. The summed E-state index contributed by atoms with van der Waals surface area (Å²) in [4.78, 5) is 27.4. The first-order valence-corrected chi connectivity index (χ1v) is 10.0. The molecule has 0 atom stereocenters. The lowest BCUT2D eigenvalue weighted by atomic mass is 10.3. The number of hydrogen-bond acceptors (Lipinski definition) is 11. The van der Waals surface area contributed by atoms with Crippen molar-refractivity contribution >= 4 is 11.8 Å². The summed E-state index contributed by atoms with van der Waals surface area (Å²) >= 11 is 0. The molecule has 0 unspecified atom stereocenters. The number of carbonyl (C=O) groups is 1. The molecule has 0 bridgehead atoms. The molecule has 1 aromatic carbocycles. The molecule has 0 aliphatic carbocycles. The summed E-state index contributed by atoms with van der Waals surface area (Å²) in [6.45, 7) is 1.72. The third kappa shape index (κ3) is 14.4. The first kappa shape index (κ1) is 28.4. The minimum absolute atomic E-state index is 0.0210. The highest BCUT2D eigenvalue weighted by atomic mass is 16.7. The van der Waals surface area contributed by atoms with Gasteiger partial charge in [0, 0.05) is 35.0 Å². The Morgan fingerprint density at radius 1 is 0.882 bits per heavy atom. The van der Waals surface area contributed by atoms with Crippen molar-refractivity contribution in [1.29, 1.82) is 0 Å². The number of hydrogen-bond donors (Lipinski definition) is 0. The third-order valence-corrected chi connectivity index (χ3v) is 3.66. The standard InChI is InChI=1S/C18H25N7O9/c19-23-21-5-7-29-9-11-31-13-17(14-32-12-10-30-8-6-22-24-20)34-18(26)33-16-3-1-15(2-4-16)25(27)28/h1-4,17H,5-14H2. The number of rotatable bonds is 19. The fraction of sp³-hybridized carbons (Fsp3) is 0.611. The number of non-ortho nitro benzene ring substituents is 1. The Bertz CT molecular complexity index is 796. The molecule has 0 aromatic heterocycles. The maximum Gasteiger partial charge on any atom is 0.514 e. The minimum atomic E-state index is -1.04. The van der Waals surface area contributed by atoms with E-state index < -0.39 is 17.2 Å². The zero-order valence-corrected chi connectivity index (χ0v) is 18.3. The molecule has 0 fully saturated rings. The van der Waals surface area contributed by atoms with E-state index in [9.17, 15) is 14.9 Å². The van der Waals surface area contributed by atoms with Crippen molar-refractivity contribution < 1.29 is 38.1 Å². The van der Waals surface area contributed by atoms with Crippen LogP contribution in [-0.4, -0.2) is 83.1 Å². The summed E-state index contributed by atoms with van der Waals surface area (Å²) < 4.78 is 31.5. The Hall–Kier alpha value is -3.65. The smallest absolute Gasteiger partial charge is 0.426 e. The van der Waals surface area contributed by atoms with Crippen molar-refractivity contribution in [3.63, 3.8) is 0 Å². The molecule has 34 heavy (non-hydrogen) atoms. The molecule has 0 aliphatic heterocycles. The molecular formula is C18H25N7O9. The Balaban J connectivity index is 2.42. The van der Waals surface area contributed by atoms with Gasteiger partial charge >= 0.3 is 6.16 Å². The van der Waals surface area contributed by atoms with Crippen LogP contribution in [0.15, 0.2) is 34.5 Å². The van der Waals surface area contributed by atoms with E-state index in [0.717, 1.165) is 0 Å². The van der Waals surface area contributed by atoms with Crippen LogP contribution >= 0.6 is 0 Å². The number of ether oxygens (including phenoxy) is 6. The van der Waals surface area contributed by atoms with Crippen molar-refractivity contribution in [3.8, 4) is 5.75 Å². The number of azide groups is 2. The van der Waals surface area contributed by atoms with Gasteiger partial charge in [0.15, 0.2) is 6.10 Å². The molecule has 0 saturated carbocycles. The van der Waals surface area contributed by atoms with E-state index in [1.54, 1.807) is 0 Å². The second-order valence-corrected chi connectivity index (χ2v) is 6.13. The summed E-state index contributed by atoms with van der Waals surface area (Å²) in [5.74, 6) is 0.0676. The normalized spacial score (nSPS) is 11.1. The summed E-state index contributed by atoms with van der Waals surface area (Å²) in [5.41, 5.74) is 16.2. The van der Waals surface area contributed by atoms with E-state index in [1.165, 1.54) is 24.3 Å². The van der Waals surface area contributed by atoms with Gasteiger partial charge in [0.25, 0.3) is 5.69 Å². The zero-order chi connectivity index (χ0) is 24.9. The highest BCUT2D eigenvalue weighted by Gasteiger charge is 2.18. The van der Waals surface area contributed by atoms with Crippen molar-refractivity contribution in [2.45, 2.75) is 6.10 Å². The Morgan fingerprint density at radius 3 is 1.85 bits per heavy atom.